The summed E-state index contributed by atoms with van der Waals surface area (Å²) in [6.07, 6.45) is 0. The van der Waals surface area contributed by atoms with E-state index < -0.39 is 19.8 Å². The zero-order valence-corrected chi connectivity index (χ0v) is 21.4. The van der Waals surface area contributed by atoms with Gasteiger partial charge in [-0.1, -0.05) is 59.6 Å². The van der Waals surface area contributed by atoms with Crippen LogP contribution in [-0.4, -0.2) is 33.7 Å². The largest absolute Gasteiger partial charge is 0.467 e. The second-order valence-electron chi connectivity index (χ2n) is 8.97. The lowest BCUT2D eigenvalue weighted by molar-refractivity contribution is -0.145. The minimum Gasteiger partial charge on any atom is -0.467 e. The Kier molecular flexibility index (Phi) is 8.65. The molecular weight excluding hydrogens is 420 g/mol. The highest BCUT2D eigenvalue weighted by molar-refractivity contribution is 6.90. The summed E-state index contributed by atoms with van der Waals surface area (Å²) in [6, 6.07) is 9.21. The number of Topliss-reactive ketones (excluding diaryl/α,β-unsaturated/α-hetero) is 1. The molecule has 0 aliphatic rings. The average Bonchev–Trinajstić information content (AvgIpc) is 2.71. The first-order valence-corrected chi connectivity index (χ1v) is 13.2. The summed E-state index contributed by atoms with van der Waals surface area (Å²) in [7, 11) is -0.430. The van der Waals surface area contributed by atoms with E-state index in [9.17, 15) is 9.59 Å². The van der Waals surface area contributed by atoms with Gasteiger partial charge in [-0.15, -0.1) is 5.54 Å². The molecule has 0 radical (unpaired) electrons. The summed E-state index contributed by atoms with van der Waals surface area (Å²) < 4.78 is 16.0. The monoisotopic (exact) mass is 454 g/mol. The van der Waals surface area contributed by atoms with E-state index in [-0.39, 0.29) is 12.5 Å². The number of ether oxygens (including phenoxy) is 3. The highest BCUT2D eigenvalue weighted by Gasteiger charge is 2.41. The lowest BCUT2D eigenvalue weighted by atomic mass is 10.0. The summed E-state index contributed by atoms with van der Waals surface area (Å²) in [5.41, 5.74) is 5.98. The molecule has 0 saturated heterocycles. The van der Waals surface area contributed by atoms with Crippen molar-refractivity contribution in [1.82, 2.24) is 0 Å². The van der Waals surface area contributed by atoms with E-state index in [0.29, 0.717) is 27.8 Å². The number of hydrogen-bond acceptors (Lipinski definition) is 5. The van der Waals surface area contributed by atoms with Crippen molar-refractivity contribution in [3.8, 4) is 23.0 Å². The van der Waals surface area contributed by atoms with E-state index in [1.807, 2.05) is 24.3 Å². The number of carbonyl (C=O) groups excluding carboxylic acids is 2. The molecule has 32 heavy (non-hydrogen) atoms. The van der Waals surface area contributed by atoms with Crippen molar-refractivity contribution < 1.29 is 23.8 Å². The van der Waals surface area contributed by atoms with Gasteiger partial charge in [0.25, 0.3) is 0 Å². The van der Waals surface area contributed by atoms with Gasteiger partial charge in [-0.25, -0.2) is 4.79 Å². The highest BCUT2D eigenvalue weighted by atomic mass is 28.3. The Morgan fingerprint density at radius 2 is 1.62 bits per heavy atom. The van der Waals surface area contributed by atoms with Crippen LogP contribution in [0.15, 0.2) is 30.3 Å². The topological polar surface area (TPSA) is 61.8 Å². The quantitative estimate of drug-likeness (QED) is 0.124. The van der Waals surface area contributed by atoms with Gasteiger partial charge >= 0.3 is 5.97 Å². The Hall–Kier alpha value is -2.62. The Bertz CT molecular complexity index is 1020. The molecule has 0 aliphatic heterocycles. The van der Waals surface area contributed by atoms with Gasteiger partial charge in [0.2, 0.25) is 5.78 Å². The van der Waals surface area contributed by atoms with Gasteiger partial charge in [0, 0.05) is 31.0 Å². The van der Waals surface area contributed by atoms with Crippen molar-refractivity contribution in [3.63, 3.8) is 0 Å². The van der Waals surface area contributed by atoms with Gasteiger partial charge in [0.1, 0.15) is 19.6 Å². The molecule has 0 heterocycles. The van der Waals surface area contributed by atoms with Crippen LogP contribution in [0.3, 0.4) is 0 Å². The Balaban J connectivity index is 2.74. The van der Waals surface area contributed by atoms with E-state index in [1.54, 1.807) is 6.07 Å². The van der Waals surface area contributed by atoms with Crippen molar-refractivity contribution in [1.29, 1.82) is 0 Å². The number of carbonyl (C=O) groups is 2. The molecule has 0 fully saturated rings. The molecule has 0 spiro atoms. The second kappa shape index (κ2) is 10.8. The van der Waals surface area contributed by atoms with Gasteiger partial charge in [-0.05, 0) is 34.1 Å². The fourth-order valence-corrected chi connectivity index (χ4v) is 9.75. The third-order valence-corrected chi connectivity index (χ3v) is 12.3. The Morgan fingerprint density at radius 1 is 1.00 bits per heavy atom. The van der Waals surface area contributed by atoms with E-state index >= 15 is 0 Å². The van der Waals surface area contributed by atoms with Gasteiger partial charge in [-0.3, -0.25) is 4.79 Å². The Morgan fingerprint density at radius 3 is 2.16 bits per heavy atom. The molecule has 0 bridgehead atoms. The van der Waals surface area contributed by atoms with Crippen LogP contribution in [0.4, 0.5) is 0 Å². The maximum absolute atomic E-state index is 12.1. The number of fused-ring (bicyclic) bond motifs is 1. The van der Waals surface area contributed by atoms with Gasteiger partial charge in [-0.2, -0.15) is 0 Å². The molecule has 0 atom stereocenters. The van der Waals surface area contributed by atoms with Crippen molar-refractivity contribution in [2.45, 2.75) is 65.1 Å². The van der Waals surface area contributed by atoms with Crippen LogP contribution in [0, 0.1) is 11.5 Å². The molecule has 2 rings (SSSR count). The van der Waals surface area contributed by atoms with Crippen LogP contribution in [0.1, 0.15) is 54.0 Å². The maximum Gasteiger partial charge on any atom is 0.379 e. The summed E-state index contributed by atoms with van der Waals surface area (Å²) in [5, 5.41) is 1.50. The molecular formula is C26H34O5Si. The van der Waals surface area contributed by atoms with Crippen molar-refractivity contribution in [2.24, 2.45) is 0 Å². The van der Waals surface area contributed by atoms with Gasteiger partial charge in [0.15, 0.2) is 6.79 Å². The lowest BCUT2D eigenvalue weighted by Crippen LogP contribution is -2.43. The predicted octanol–water partition coefficient (Wildman–Crippen LogP) is 5.89. The molecule has 6 heteroatoms. The highest BCUT2D eigenvalue weighted by Crippen LogP contribution is 2.41. The van der Waals surface area contributed by atoms with Crippen molar-refractivity contribution in [3.05, 3.63) is 35.9 Å². The fourth-order valence-electron chi connectivity index (χ4n) is 4.54. The van der Waals surface area contributed by atoms with Crippen LogP contribution in [0.5, 0.6) is 11.5 Å². The second-order valence-corrected chi connectivity index (χ2v) is 14.5. The third kappa shape index (κ3) is 5.40. The molecule has 0 saturated carbocycles. The van der Waals surface area contributed by atoms with Crippen LogP contribution >= 0.6 is 0 Å². The SMILES string of the molecule is COCOc1cc(OC(=O)C(C)=O)c2c(C#C[Si](C(C)C)(C(C)C)C(C)C)cccc2c1. The third-order valence-electron chi connectivity index (χ3n) is 6.03. The normalized spacial score (nSPS) is 11.6. The van der Waals surface area contributed by atoms with Gasteiger partial charge in [0.05, 0.1) is 0 Å². The first kappa shape index (κ1) is 25.6. The molecule has 0 N–H and O–H groups in total. The maximum atomic E-state index is 12.1. The minimum absolute atomic E-state index is 0.0520. The molecule has 0 unspecified atom stereocenters. The molecule has 0 aliphatic carbocycles. The first-order valence-electron chi connectivity index (χ1n) is 11.0. The summed E-state index contributed by atoms with van der Waals surface area (Å²) in [6.45, 7) is 14.8. The fraction of sp³-hybridized carbons (Fsp3) is 0.462. The van der Waals surface area contributed by atoms with E-state index in [0.717, 1.165) is 10.9 Å². The smallest absolute Gasteiger partial charge is 0.379 e. The predicted molar refractivity (Wildman–Crippen MR) is 131 cm³/mol. The molecule has 0 aromatic heterocycles. The minimum atomic E-state index is -1.96. The van der Waals surface area contributed by atoms with Crippen LogP contribution in [-0.2, 0) is 14.3 Å². The van der Waals surface area contributed by atoms with Crippen LogP contribution < -0.4 is 9.47 Å². The summed E-state index contributed by atoms with van der Waals surface area (Å²) >= 11 is 0. The van der Waals surface area contributed by atoms with E-state index in [4.69, 9.17) is 14.2 Å². The number of methoxy groups -OCH3 is 1. The summed E-state index contributed by atoms with van der Waals surface area (Å²) in [4.78, 5) is 23.7. The van der Waals surface area contributed by atoms with Crippen LogP contribution in [0.25, 0.3) is 10.8 Å². The van der Waals surface area contributed by atoms with Crippen molar-refractivity contribution in [2.75, 3.05) is 13.9 Å². The number of hydrogen-bond donors (Lipinski definition) is 0. The number of ketones is 1. The number of esters is 1. The number of rotatable bonds is 8. The molecule has 0 amide bonds. The standard InChI is InChI=1S/C26H34O5Si/c1-17(2)32(18(3)4,19(5)6)13-12-21-10-9-11-22-14-23(30-16-29-8)15-24(25(21)22)31-26(28)20(7)27/h9-11,14-15,17-19H,16H2,1-8H3. The number of benzene rings is 2. The van der Waals surface area contributed by atoms with Crippen LogP contribution in [0.2, 0.25) is 16.6 Å². The van der Waals surface area contributed by atoms with E-state index in [2.05, 4.69) is 53.0 Å². The molecule has 2 aromatic rings. The van der Waals surface area contributed by atoms with Gasteiger partial charge < -0.3 is 14.2 Å². The first-order chi connectivity index (χ1) is 15.0. The average molecular weight is 455 g/mol. The zero-order valence-electron chi connectivity index (χ0n) is 20.4. The molecule has 5 nitrogen and oxygen atoms in total. The lowest BCUT2D eigenvalue weighted by Gasteiger charge is -2.38. The zero-order chi connectivity index (χ0) is 24.1. The van der Waals surface area contributed by atoms with Crippen molar-refractivity contribution >= 4 is 30.6 Å². The Labute approximate surface area is 192 Å². The molecule has 2 aromatic carbocycles. The summed E-state index contributed by atoms with van der Waals surface area (Å²) in [5.74, 6) is 2.59. The molecule has 172 valence electrons. The van der Waals surface area contributed by atoms with E-state index in [1.165, 1.54) is 14.0 Å².